The van der Waals surface area contributed by atoms with Crippen LogP contribution in [0.4, 0.5) is 10.2 Å². The maximum atomic E-state index is 13.8. The van der Waals surface area contributed by atoms with Gasteiger partial charge >= 0.3 is 0 Å². The Morgan fingerprint density at radius 2 is 1.75 bits per heavy atom. The summed E-state index contributed by atoms with van der Waals surface area (Å²) < 4.78 is 42.2. The van der Waals surface area contributed by atoms with Crippen LogP contribution >= 0.6 is 0 Å². The number of sulfonamides is 1. The summed E-state index contributed by atoms with van der Waals surface area (Å²) in [4.78, 5) is 10.5. The largest absolute Gasteiger partial charge is 0.354 e. The van der Waals surface area contributed by atoms with Crippen molar-refractivity contribution in [1.29, 1.82) is 0 Å². The van der Waals surface area contributed by atoms with E-state index >= 15 is 0 Å². The molecule has 3 heterocycles. The van der Waals surface area contributed by atoms with Gasteiger partial charge in [-0.3, -0.25) is 0 Å². The van der Waals surface area contributed by atoms with Crippen LogP contribution in [-0.2, 0) is 15.8 Å². The summed E-state index contributed by atoms with van der Waals surface area (Å²) in [7, 11) is -3.59. The van der Waals surface area contributed by atoms with E-state index in [2.05, 4.69) is 15.1 Å². The highest BCUT2D eigenvalue weighted by Crippen LogP contribution is 2.19. The van der Waals surface area contributed by atoms with Gasteiger partial charge in [-0.05, 0) is 12.1 Å². The summed E-state index contributed by atoms with van der Waals surface area (Å²) in [6, 6.07) is 9.58. The first kappa shape index (κ1) is 18.5. The maximum Gasteiger partial charge on any atom is 0.218 e. The van der Waals surface area contributed by atoms with Crippen molar-refractivity contribution in [2.24, 2.45) is 0 Å². The highest BCUT2D eigenvalue weighted by Gasteiger charge is 2.28. The molecule has 0 atom stereocenters. The molecule has 0 aliphatic carbocycles. The van der Waals surface area contributed by atoms with Gasteiger partial charge in [0.2, 0.25) is 10.0 Å². The number of rotatable bonds is 5. The molecule has 4 rings (SSSR count). The van der Waals surface area contributed by atoms with E-state index in [-0.39, 0.29) is 11.3 Å². The van der Waals surface area contributed by atoms with Gasteiger partial charge in [0.15, 0.2) is 5.82 Å². The summed E-state index contributed by atoms with van der Waals surface area (Å²) in [6.07, 6.45) is 4.92. The second-order valence-corrected chi connectivity index (χ2v) is 8.39. The van der Waals surface area contributed by atoms with E-state index in [1.54, 1.807) is 35.3 Å². The first-order valence-corrected chi connectivity index (χ1v) is 10.4. The molecule has 10 heteroatoms. The maximum absolute atomic E-state index is 13.8. The molecule has 0 amide bonds. The SMILES string of the molecule is O=S(=O)(Cc1ccccc1F)N1CCN(c2cc(-n3cccn3)ncn2)CC1. The van der Waals surface area contributed by atoms with Gasteiger partial charge in [-0.1, -0.05) is 18.2 Å². The quantitative estimate of drug-likeness (QED) is 0.642. The van der Waals surface area contributed by atoms with Crippen LogP contribution < -0.4 is 4.90 Å². The lowest BCUT2D eigenvalue weighted by molar-refractivity contribution is 0.383. The third kappa shape index (κ3) is 3.87. The summed E-state index contributed by atoms with van der Waals surface area (Å²) >= 11 is 0. The Hall–Kier alpha value is -2.85. The van der Waals surface area contributed by atoms with Crippen molar-refractivity contribution in [1.82, 2.24) is 24.1 Å². The molecule has 1 aromatic carbocycles. The van der Waals surface area contributed by atoms with Crippen LogP contribution in [0.2, 0.25) is 0 Å². The number of aromatic nitrogens is 4. The molecule has 1 saturated heterocycles. The second-order valence-electron chi connectivity index (χ2n) is 6.42. The highest BCUT2D eigenvalue weighted by molar-refractivity contribution is 7.88. The molecule has 1 fully saturated rings. The van der Waals surface area contributed by atoms with Crippen LogP contribution in [0.5, 0.6) is 0 Å². The minimum Gasteiger partial charge on any atom is -0.354 e. The molecule has 0 radical (unpaired) electrons. The molecule has 2 aromatic heterocycles. The first-order chi connectivity index (χ1) is 13.5. The Kier molecular flexibility index (Phi) is 5.05. The van der Waals surface area contributed by atoms with Gasteiger partial charge in [-0.15, -0.1) is 0 Å². The van der Waals surface area contributed by atoms with E-state index in [9.17, 15) is 12.8 Å². The average Bonchev–Trinajstić information content (AvgIpc) is 3.25. The third-order valence-electron chi connectivity index (χ3n) is 4.63. The topological polar surface area (TPSA) is 84.2 Å². The Labute approximate surface area is 162 Å². The first-order valence-electron chi connectivity index (χ1n) is 8.81. The predicted octanol–water partition coefficient (Wildman–Crippen LogP) is 1.45. The molecule has 0 spiro atoms. The summed E-state index contributed by atoms with van der Waals surface area (Å²) in [5.74, 6) is 0.518. The molecule has 28 heavy (non-hydrogen) atoms. The zero-order valence-electron chi connectivity index (χ0n) is 15.0. The molecule has 146 valence electrons. The Morgan fingerprint density at radius 1 is 1.00 bits per heavy atom. The molecule has 0 N–H and O–H groups in total. The van der Waals surface area contributed by atoms with E-state index in [1.165, 1.54) is 22.8 Å². The molecule has 1 aliphatic rings. The summed E-state index contributed by atoms with van der Waals surface area (Å²) in [5, 5.41) is 4.15. The number of nitrogens with zero attached hydrogens (tertiary/aromatic N) is 6. The number of hydrogen-bond donors (Lipinski definition) is 0. The Bertz CT molecular complexity index is 1050. The van der Waals surface area contributed by atoms with Crippen LogP contribution in [0, 0.1) is 5.82 Å². The number of piperazine rings is 1. The van der Waals surface area contributed by atoms with E-state index in [0.717, 1.165) is 0 Å². The lowest BCUT2D eigenvalue weighted by Crippen LogP contribution is -2.49. The van der Waals surface area contributed by atoms with Gasteiger partial charge in [0.1, 0.15) is 18.0 Å². The zero-order valence-corrected chi connectivity index (χ0v) is 15.8. The van der Waals surface area contributed by atoms with Crippen LogP contribution in [0.25, 0.3) is 5.82 Å². The number of halogens is 1. The van der Waals surface area contributed by atoms with Gasteiger partial charge in [0.05, 0.1) is 5.75 Å². The van der Waals surface area contributed by atoms with Gasteiger partial charge in [0.25, 0.3) is 0 Å². The second kappa shape index (κ2) is 7.64. The standard InChI is InChI=1S/C18H19FN6O2S/c19-16-5-2-1-4-15(16)13-28(26,27)24-10-8-23(9-11-24)17-12-18(21-14-20-17)25-7-3-6-22-25/h1-7,12,14H,8-11,13H2. The molecule has 0 unspecified atom stereocenters. The number of anilines is 1. The van der Waals surface area contributed by atoms with Gasteiger partial charge in [-0.2, -0.15) is 9.40 Å². The molecule has 3 aromatic rings. The molecule has 1 aliphatic heterocycles. The fourth-order valence-electron chi connectivity index (χ4n) is 3.14. The van der Waals surface area contributed by atoms with Gasteiger partial charge in [0, 0.05) is 50.2 Å². The molecule has 0 saturated carbocycles. The lowest BCUT2D eigenvalue weighted by Gasteiger charge is -2.34. The van der Waals surface area contributed by atoms with E-state index in [4.69, 9.17) is 0 Å². The van der Waals surface area contributed by atoms with Crippen LogP contribution in [0.3, 0.4) is 0 Å². The Morgan fingerprint density at radius 3 is 2.46 bits per heavy atom. The van der Waals surface area contributed by atoms with Crippen molar-refractivity contribution in [3.8, 4) is 5.82 Å². The van der Waals surface area contributed by atoms with E-state index in [0.29, 0.717) is 37.8 Å². The van der Waals surface area contributed by atoms with Crippen LogP contribution in [-0.4, -0.2) is 58.7 Å². The smallest absolute Gasteiger partial charge is 0.218 e. The third-order valence-corrected chi connectivity index (χ3v) is 6.46. The fourth-order valence-corrected chi connectivity index (χ4v) is 4.67. The van der Waals surface area contributed by atoms with Gasteiger partial charge in [-0.25, -0.2) is 27.5 Å². The van der Waals surface area contributed by atoms with Crippen LogP contribution in [0.1, 0.15) is 5.56 Å². The number of benzene rings is 1. The van der Waals surface area contributed by atoms with Crippen molar-refractivity contribution in [2.45, 2.75) is 5.75 Å². The highest BCUT2D eigenvalue weighted by atomic mass is 32.2. The van der Waals surface area contributed by atoms with Crippen molar-refractivity contribution < 1.29 is 12.8 Å². The lowest BCUT2D eigenvalue weighted by atomic mass is 10.2. The monoisotopic (exact) mass is 402 g/mol. The van der Waals surface area contributed by atoms with Gasteiger partial charge < -0.3 is 4.90 Å². The summed E-state index contributed by atoms with van der Waals surface area (Å²) in [5.41, 5.74) is 0.185. The van der Waals surface area contributed by atoms with Crippen molar-refractivity contribution >= 4 is 15.8 Å². The molecular formula is C18H19FN6O2S. The predicted molar refractivity (Wildman–Crippen MR) is 102 cm³/mol. The van der Waals surface area contributed by atoms with E-state index < -0.39 is 15.8 Å². The zero-order chi connectivity index (χ0) is 19.6. The minimum atomic E-state index is -3.59. The van der Waals surface area contributed by atoms with Crippen molar-refractivity contribution in [3.63, 3.8) is 0 Å². The number of hydrogen-bond acceptors (Lipinski definition) is 6. The average molecular weight is 402 g/mol. The van der Waals surface area contributed by atoms with Crippen molar-refractivity contribution in [3.05, 3.63) is 66.5 Å². The summed E-state index contributed by atoms with van der Waals surface area (Å²) in [6.45, 7) is 1.62. The molecule has 8 nitrogen and oxygen atoms in total. The van der Waals surface area contributed by atoms with E-state index in [1.807, 2.05) is 11.0 Å². The fraction of sp³-hybridized carbons (Fsp3) is 0.278. The van der Waals surface area contributed by atoms with Crippen molar-refractivity contribution in [2.75, 3.05) is 31.1 Å². The minimum absolute atomic E-state index is 0.185. The Balaban J connectivity index is 1.43. The normalized spacial score (nSPS) is 15.7. The molecule has 0 bridgehead atoms. The van der Waals surface area contributed by atoms with Crippen LogP contribution in [0.15, 0.2) is 55.1 Å². The molecular weight excluding hydrogens is 383 g/mol.